The van der Waals surface area contributed by atoms with E-state index in [0.29, 0.717) is 11.3 Å². The Morgan fingerprint density at radius 1 is 1.10 bits per heavy atom. The molecule has 0 amide bonds. The monoisotopic (exact) mass is 442 g/mol. The van der Waals surface area contributed by atoms with Crippen LogP contribution < -0.4 is 10.0 Å². The molecule has 0 aliphatic rings. The lowest BCUT2D eigenvalue weighted by atomic mass is 10.1. The third kappa shape index (κ3) is 5.70. The second kappa shape index (κ2) is 9.45. The van der Waals surface area contributed by atoms with Gasteiger partial charge in [0.05, 0.1) is 54.3 Å². The molecule has 3 aromatic rings. The summed E-state index contributed by atoms with van der Waals surface area (Å²) in [6, 6.07) is 7.66. The summed E-state index contributed by atoms with van der Waals surface area (Å²) in [5, 5.41) is 21.0. The van der Waals surface area contributed by atoms with Gasteiger partial charge >= 0.3 is 6.18 Å². The Morgan fingerprint density at radius 2 is 1.83 bits per heavy atom. The molecule has 8 nitrogen and oxygen atoms in total. The Kier molecular flexibility index (Phi) is 6.95. The molecule has 2 unspecified atom stereocenters. The Morgan fingerprint density at radius 3 is 2.43 bits per heavy atom. The predicted octanol–water partition coefficient (Wildman–Crippen LogP) is 2.46. The van der Waals surface area contributed by atoms with E-state index in [1.165, 1.54) is 30.6 Å². The maximum Gasteiger partial charge on any atom is 0.416 e. The quantitative estimate of drug-likeness (QED) is 0.392. The smallest absolute Gasteiger partial charge is 0.416 e. The Bertz CT molecular complexity index is 951. The van der Waals surface area contributed by atoms with E-state index in [1.54, 1.807) is 6.07 Å². The molecular weight excluding hydrogens is 425 g/mol. The summed E-state index contributed by atoms with van der Waals surface area (Å²) in [5.41, 5.74) is 0.156. The average Bonchev–Trinajstić information content (AvgIpc) is 3.20. The van der Waals surface area contributed by atoms with Crippen molar-refractivity contribution in [1.29, 1.82) is 0 Å². The largest absolute Gasteiger partial charge is 0.592 e. The van der Waals surface area contributed by atoms with Gasteiger partial charge in [-0.3, -0.25) is 0 Å². The summed E-state index contributed by atoms with van der Waals surface area (Å²) in [7, 11) is 0. The minimum Gasteiger partial charge on any atom is -0.592 e. The maximum absolute atomic E-state index is 12.6. The third-order valence-corrected chi connectivity index (χ3v) is 4.89. The molecule has 3 rings (SSSR count). The molecule has 0 radical (unpaired) electrons. The molecular formula is C18H17F3N4O4S. The zero-order chi connectivity index (χ0) is 21.7. The first-order chi connectivity index (χ1) is 14.3. The van der Waals surface area contributed by atoms with Crippen LogP contribution in [0.15, 0.2) is 58.2 Å². The van der Waals surface area contributed by atoms with Gasteiger partial charge in [0.2, 0.25) is 0 Å². The summed E-state index contributed by atoms with van der Waals surface area (Å²) < 4.78 is 58.0. The van der Waals surface area contributed by atoms with E-state index in [9.17, 15) is 22.8 Å². The van der Waals surface area contributed by atoms with Crippen LogP contribution in [-0.4, -0.2) is 44.0 Å². The number of alkyl halides is 3. The van der Waals surface area contributed by atoms with Crippen LogP contribution in [0.3, 0.4) is 0 Å². The number of nitrogens with zero attached hydrogens (tertiary/aromatic N) is 2. The van der Waals surface area contributed by atoms with E-state index in [4.69, 9.17) is 9.52 Å². The van der Waals surface area contributed by atoms with Gasteiger partial charge in [-0.25, -0.2) is 9.97 Å². The highest BCUT2D eigenvalue weighted by molar-refractivity contribution is 7.89. The molecule has 0 bridgehead atoms. The van der Waals surface area contributed by atoms with Gasteiger partial charge in [-0.15, -0.1) is 4.72 Å². The van der Waals surface area contributed by atoms with Gasteiger partial charge in [0.25, 0.3) is 11.0 Å². The van der Waals surface area contributed by atoms with Crippen molar-refractivity contribution < 1.29 is 32.4 Å². The lowest BCUT2D eigenvalue weighted by Crippen LogP contribution is -2.34. The van der Waals surface area contributed by atoms with Crippen LogP contribution >= 0.6 is 0 Å². The fraction of sp³-hybridized carbons (Fsp3) is 0.222. The molecule has 1 aromatic carbocycles. The first-order valence-electron chi connectivity index (χ1n) is 8.57. The van der Waals surface area contributed by atoms with Crippen LogP contribution in [0, 0.1) is 0 Å². The molecule has 2 heterocycles. The van der Waals surface area contributed by atoms with Crippen LogP contribution in [0.2, 0.25) is 0 Å². The first-order valence-corrected chi connectivity index (χ1v) is 9.72. The summed E-state index contributed by atoms with van der Waals surface area (Å²) in [4.78, 5) is 8.05. The third-order valence-electron chi connectivity index (χ3n) is 3.84. The van der Waals surface area contributed by atoms with Gasteiger partial charge in [0.1, 0.15) is 0 Å². The lowest BCUT2D eigenvalue weighted by molar-refractivity contribution is -0.137. The topological polar surface area (TPSA) is 126 Å². The Hall–Kier alpha value is -2.64. The minimum absolute atomic E-state index is 0.0617. The molecule has 12 heteroatoms. The standard InChI is InChI=1S/C18H17F3N4O4S/c19-18(20,21)12-3-1-11(2-4-12)15-9-23-17(29-15)25-13-5-6-16(22-7-13)30(28)24-8-14(27)10-26/h1-7,9,14,24,26-27H,8,10H2,(H,23,25). The molecule has 0 fully saturated rings. The highest BCUT2D eigenvalue weighted by atomic mass is 32.2. The number of hydrogen-bond donors (Lipinski definition) is 4. The average molecular weight is 442 g/mol. The SMILES string of the molecule is [O-][S+](NCC(O)CO)c1ccc(Nc2ncc(-c3ccc(C(F)(F)F)cc3)o2)cn1. The molecule has 0 saturated carbocycles. The molecule has 0 aliphatic carbocycles. The first kappa shape index (κ1) is 22.1. The summed E-state index contributed by atoms with van der Waals surface area (Å²) in [6.45, 7) is -0.515. The molecule has 4 N–H and O–H groups in total. The van der Waals surface area contributed by atoms with Crippen molar-refractivity contribution in [2.75, 3.05) is 18.5 Å². The fourth-order valence-corrected chi connectivity index (χ4v) is 3.12. The maximum atomic E-state index is 12.6. The molecule has 2 aromatic heterocycles. The number of nitrogens with one attached hydrogen (secondary N) is 2. The molecule has 30 heavy (non-hydrogen) atoms. The number of anilines is 2. The number of halogens is 3. The summed E-state index contributed by atoms with van der Waals surface area (Å²) >= 11 is -1.67. The molecule has 160 valence electrons. The number of oxazole rings is 1. The zero-order valence-corrected chi connectivity index (χ0v) is 16.1. The van der Waals surface area contributed by atoms with Crippen molar-refractivity contribution >= 4 is 23.1 Å². The Balaban J connectivity index is 1.62. The number of pyridine rings is 1. The van der Waals surface area contributed by atoms with Gasteiger partial charge in [-0.2, -0.15) is 13.2 Å². The highest BCUT2D eigenvalue weighted by Crippen LogP contribution is 2.31. The second-order valence-electron chi connectivity index (χ2n) is 6.07. The zero-order valence-electron chi connectivity index (χ0n) is 15.3. The van der Waals surface area contributed by atoms with E-state index in [1.807, 2.05) is 0 Å². The van der Waals surface area contributed by atoms with Crippen LogP contribution in [0.5, 0.6) is 0 Å². The van der Waals surface area contributed by atoms with Crippen LogP contribution in [-0.2, 0) is 17.5 Å². The van der Waals surface area contributed by atoms with Crippen molar-refractivity contribution in [2.45, 2.75) is 17.3 Å². The second-order valence-corrected chi connectivity index (χ2v) is 7.31. The van der Waals surface area contributed by atoms with Crippen molar-refractivity contribution in [1.82, 2.24) is 14.7 Å². The van der Waals surface area contributed by atoms with Crippen molar-refractivity contribution in [3.05, 3.63) is 54.4 Å². The normalized spacial score (nSPS) is 13.8. The molecule has 2 atom stereocenters. The van der Waals surface area contributed by atoms with Gasteiger partial charge in [0, 0.05) is 11.6 Å². The van der Waals surface area contributed by atoms with E-state index in [2.05, 4.69) is 20.0 Å². The van der Waals surface area contributed by atoms with Gasteiger partial charge in [-0.05, 0) is 18.2 Å². The number of aliphatic hydroxyl groups excluding tert-OH is 2. The van der Waals surface area contributed by atoms with Crippen molar-refractivity contribution in [3.8, 4) is 11.3 Å². The number of rotatable bonds is 8. The number of aromatic nitrogens is 2. The van der Waals surface area contributed by atoms with Gasteiger partial charge in [0.15, 0.2) is 5.76 Å². The number of benzene rings is 1. The van der Waals surface area contributed by atoms with Crippen LogP contribution in [0.4, 0.5) is 24.9 Å². The number of hydrogen-bond acceptors (Lipinski definition) is 8. The number of aliphatic hydroxyl groups is 2. The predicted molar refractivity (Wildman–Crippen MR) is 102 cm³/mol. The summed E-state index contributed by atoms with van der Waals surface area (Å²) in [5.74, 6) is 0.281. The molecule has 0 spiro atoms. The minimum atomic E-state index is -4.41. The van der Waals surface area contributed by atoms with E-state index in [0.717, 1.165) is 12.1 Å². The van der Waals surface area contributed by atoms with Crippen molar-refractivity contribution in [3.63, 3.8) is 0 Å². The van der Waals surface area contributed by atoms with E-state index in [-0.39, 0.29) is 23.3 Å². The van der Waals surface area contributed by atoms with E-state index < -0.39 is 35.8 Å². The van der Waals surface area contributed by atoms with E-state index >= 15 is 0 Å². The van der Waals surface area contributed by atoms with Crippen LogP contribution in [0.25, 0.3) is 11.3 Å². The van der Waals surface area contributed by atoms with Gasteiger partial charge in [-0.1, -0.05) is 12.1 Å². The lowest BCUT2D eigenvalue weighted by Gasteiger charge is -2.12. The molecule has 0 saturated heterocycles. The van der Waals surface area contributed by atoms with Gasteiger partial charge < -0.3 is 24.5 Å². The highest BCUT2D eigenvalue weighted by Gasteiger charge is 2.30. The van der Waals surface area contributed by atoms with Crippen LogP contribution in [0.1, 0.15) is 5.56 Å². The fourth-order valence-electron chi connectivity index (χ4n) is 2.29. The molecule has 0 aliphatic heterocycles. The van der Waals surface area contributed by atoms with Crippen molar-refractivity contribution in [2.24, 2.45) is 0 Å². The Labute approximate surface area is 172 Å². The summed E-state index contributed by atoms with van der Waals surface area (Å²) in [6.07, 6.45) is -2.68.